The Balaban J connectivity index is 1.36. The zero-order valence-electron chi connectivity index (χ0n) is 15.1. The lowest BCUT2D eigenvalue weighted by Gasteiger charge is -2.20. The molecule has 0 spiro atoms. The van der Waals surface area contributed by atoms with Gasteiger partial charge in [-0.1, -0.05) is 31.9 Å². The Bertz CT molecular complexity index is 596. The average Bonchev–Trinajstić information content (AvgIpc) is 3.22. The Labute approximate surface area is 150 Å². The van der Waals surface area contributed by atoms with Crippen LogP contribution in [0.2, 0.25) is 0 Å². The average molecular weight is 343 g/mol. The number of carbonyl (C=O) groups is 2. The molecule has 0 heterocycles. The molecule has 0 radical (unpaired) electrons. The van der Waals surface area contributed by atoms with Gasteiger partial charge in [-0.15, -0.1) is 0 Å². The first kappa shape index (κ1) is 18.0. The third-order valence-corrected chi connectivity index (χ3v) is 5.73. The van der Waals surface area contributed by atoms with E-state index in [0.717, 1.165) is 24.4 Å². The highest BCUT2D eigenvalue weighted by Crippen LogP contribution is 2.49. The molecule has 0 aromatic heterocycles. The number of carbonyl (C=O) groups excluding carboxylic acids is 2. The highest BCUT2D eigenvalue weighted by molar-refractivity contribution is 5.92. The van der Waals surface area contributed by atoms with Crippen molar-refractivity contribution in [1.29, 1.82) is 0 Å². The van der Waals surface area contributed by atoms with E-state index in [-0.39, 0.29) is 18.5 Å². The number of rotatable bonds is 8. The van der Waals surface area contributed by atoms with Crippen molar-refractivity contribution < 1.29 is 14.3 Å². The van der Waals surface area contributed by atoms with Crippen molar-refractivity contribution in [2.45, 2.75) is 58.3 Å². The summed E-state index contributed by atoms with van der Waals surface area (Å²) in [6, 6.07) is 7.87. The monoisotopic (exact) mass is 343 g/mol. The van der Waals surface area contributed by atoms with Crippen molar-refractivity contribution in [1.82, 2.24) is 0 Å². The fourth-order valence-electron chi connectivity index (χ4n) is 4.38. The van der Waals surface area contributed by atoms with E-state index >= 15 is 0 Å². The Morgan fingerprint density at radius 1 is 1.16 bits per heavy atom. The Morgan fingerprint density at radius 3 is 2.60 bits per heavy atom. The topological polar surface area (TPSA) is 55.4 Å². The lowest BCUT2D eigenvalue weighted by atomic mass is 9.86. The van der Waals surface area contributed by atoms with Crippen LogP contribution in [0.25, 0.3) is 0 Å². The molecule has 1 aromatic carbocycles. The number of esters is 1. The van der Waals surface area contributed by atoms with Crippen LogP contribution in [0.5, 0.6) is 0 Å². The van der Waals surface area contributed by atoms with Crippen LogP contribution in [0.4, 0.5) is 5.69 Å². The minimum Gasteiger partial charge on any atom is -0.456 e. The number of nitrogens with one attached hydrogen (secondary N) is 1. The maximum absolute atomic E-state index is 12.0. The molecule has 2 saturated carbocycles. The van der Waals surface area contributed by atoms with Crippen LogP contribution in [-0.4, -0.2) is 18.5 Å². The number of aryl methyl sites for hydroxylation is 1. The quantitative estimate of drug-likeness (QED) is 0.715. The molecule has 0 saturated heterocycles. The Morgan fingerprint density at radius 2 is 1.96 bits per heavy atom. The number of hydrogen-bond acceptors (Lipinski definition) is 3. The molecule has 25 heavy (non-hydrogen) atoms. The molecule has 2 aliphatic carbocycles. The molecule has 3 atom stereocenters. The Hall–Kier alpha value is -1.84. The number of hydrogen-bond donors (Lipinski definition) is 1. The molecule has 136 valence electrons. The van der Waals surface area contributed by atoms with Crippen molar-refractivity contribution in [2.24, 2.45) is 17.8 Å². The summed E-state index contributed by atoms with van der Waals surface area (Å²) in [5, 5.41) is 2.79. The van der Waals surface area contributed by atoms with Crippen molar-refractivity contribution in [2.75, 3.05) is 11.9 Å². The maximum Gasteiger partial charge on any atom is 0.306 e. The van der Waals surface area contributed by atoms with E-state index in [1.165, 1.54) is 37.7 Å². The van der Waals surface area contributed by atoms with Crippen LogP contribution in [0, 0.1) is 17.8 Å². The number of amides is 1. The third kappa shape index (κ3) is 5.07. The minimum atomic E-state index is -0.275. The Kier molecular flexibility index (Phi) is 6.11. The molecule has 2 fully saturated rings. The summed E-state index contributed by atoms with van der Waals surface area (Å²) in [5.74, 6) is 1.50. The van der Waals surface area contributed by atoms with Gasteiger partial charge in [0.2, 0.25) is 0 Å². The fraction of sp³-hybridized carbons (Fsp3) is 0.619. The SMILES string of the molecule is CCCCc1ccc(NC(=O)COC(=O)CC2CC3CCC2C3)cc1. The highest BCUT2D eigenvalue weighted by Gasteiger charge is 2.40. The molecule has 0 aliphatic heterocycles. The lowest BCUT2D eigenvalue weighted by molar-refractivity contribution is -0.148. The van der Waals surface area contributed by atoms with E-state index in [2.05, 4.69) is 12.2 Å². The first-order valence-corrected chi connectivity index (χ1v) is 9.68. The summed E-state index contributed by atoms with van der Waals surface area (Å²) in [5.41, 5.74) is 2.02. The molecule has 2 aliphatic rings. The predicted molar refractivity (Wildman–Crippen MR) is 98.2 cm³/mol. The molecular weight excluding hydrogens is 314 g/mol. The first-order valence-electron chi connectivity index (χ1n) is 9.68. The van der Waals surface area contributed by atoms with Gasteiger partial charge in [0.1, 0.15) is 0 Å². The smallest absolute Gasteiger partial charge is 0.306 e. The van der Waals surface area contributed by atoms with Crippen molar-refractivity contribution >= 4 is 17.6 Å². The number of benzene rings is 1. The number of unbranched alkanes of at least 4 members (excludes halogenated alkanes) is 1. The second kappa shape index (κ2) is 8.50. The molecule has 3 rings (SSSR count). The minimum absolute atomic E-state index is 0.197. The summed E-state index contributed by atoms with van der Waals surface area (Å²) in [6.45, 7) is 1.98. The number of ether oxygens (including phenoxy) is 1. The molecule has 1 N–H and O–H groups in total. The number of anilines is 1. The zero-order chi connectivity index (χ0) is 17.6. The highest BCUT2D eigenvalue weighted by atomic mass is 16.5. The van der Waals surface area contributed by atoms with Gasteiger partial charge in [-0.05, 0) is 67.6 Å². The predicted octanol–water partition coefficient (Wildman–Crippen LogP) is 4.34. The first-order chi connectivity index (χ1) is 12.1. The summed E-state index contributed by atoms with van der Waals surface area (Å²) in [4.78, 5) is 23.9. The van der Waals surface area contributed by atoms with Crippen molar-refractivity contribution in [3.63, 3.8) is 0 Å². The van der Waals surface area contributed by atoms with Gasteiger partial charge in [-0.2, -0.15) is 0 Å². The molecule has 4 heteroatoms. The van der Waals surface area contributed by atoms with Crippen LogP contribution in [0.3, 0.4) is 0 Å². The normalized spacial score (nSPS) is 24.3. The van der Waals surface area contributed by atoms with Gasteiger partial charge in [0.25, 0.3) is 5.91 Å². The van der Waals surface area contributed by atoms with Crippen LogP contribution >= 0.6 is 0 Å². The van der Waals surface area contributed by atoms with E-state index in [0.29, 0.717) is 18.3 Å². The summed E-state index contributed by atoms with van der Waals surface area (Å²) >= 11 is 0. The van der Waals surface area contributed by atoms with Gasteiger partial charge in [0, 0.05) is 12.1 Å². The van der Waals surface area contributed by atoms with Gasteiger partial charge in [0.15, 0.2) is 6.61 Å². The van der Waals surface area contributed by atoms with E-state index in [1.54, 1.807) is 0 Å². The third-order valence-electron chi connectivity index (χ3n) is 5.73. The van der Waals surface area contributed by atoms with Crippen molar-refractivity contribution in [3.05, 3.63) is 29.8 Å². The number of fused-ring (bicyclic) bond motifs is 2. The molecule has 3 unspecified atom stereocenters. The zero-order valence-corrected chi connectivity index (χ0v) is 15.1. The summed E-state index contributed by atoms with van der Waals surface area (Å²) in [6.07, 6.45) is 8.92. The summed E-state index contributed by atoms with van der Waals surface area (Å²) in [7, 11) is 0. The van der Waals surface area contributed by atoms with Crippen LogP contribution < -0.4 is 5.32 Å². The molecule has 1 amide bonds. The van der Waals surface area contributed by atoms with Gasteiger partial charge >= 0.3 is 5.97 Å². The van der Waals surface area contributed by atoms with Gasteiger partial charge in [-0.3, -0.25) is 9.59 Å². The van der Waals surface area contributed by atoms with Gasteiger partial charge in [-0.25, -0.2) is 0 Å². The molecular formula is C21H29NO3. The second-order valence-corrected chi connectivity index (χ2v) is 7.65. The molecule has 2 bridgehead atoms. The summed E-state index contributed by atoms with van der Waals surface area (Å²) < 4.78 is 5.17. The molecule has 1 aromatic rings. The van der Waals surface area contributed by atoms with Crippen LogP contribution in [-0.2, 0) is 20.7 Å². The second-order valence-electron chi connectivity index (χ2n) is 7.65. The standard InChI is InChI=1S/C21H29NO3/c1-2-3-4-15-6-9-19(10-7-15)22-20(23)14-25-21(24)13-18-12-16-5-8-17(18)11-16/h6-7,9-10,16-18H,2-5,8,11-14H2,1H3,(H,22,23). The van der Waals surface area contributed by atoms with Crippen molar-refractivity contribution in [3.8, 4) is 0 Å². The van der Waals surface area contributed by atoms with Gasteiger partial charge in [0.05, 0.1) is 0 Å². The molecule has 4 nitrogen and oxygen atoms in total. The van der Waals surface area contributed by atoms with E-state index in [9.17, 15) is 9.59 Å². The van der Waals surface area contributed by atoms with E-state index in [1.807, 2.05) is 24.3 Å². The van der Waals surface area contributed by atoms with Gasteiger partial charge < -0.3 is 10.1 Å². The van der Waals surface area contributed by atoms with Crippen LogP contribution in [0.1, 0.15) is 57.4 Å². The largest absolute Gasteiger partial charge is 0.456 e. The fourth-order valence-corrected chi connectivity index (χ4v) is 4.38. The lowest BCUT2D eigenvalue weighted by Crippen LogP contribution is -2.23. The van der Waals surface area contributed by atoms with E-state index < -0.39 is 0 Å². The maximum atomic E-state index is 12.0. The van der Waals surface area contributed by atoms with E-state index in [4.69, 9.17) is 4.74 Å². The van der Waals surface area contributed by atoms with Crippen LogP contribution in [0.15, 0.2) is 24.3 Å².